The predicted octanol–water partition coefficient (Wildman–Crippen LogP) is 2.37. The Morgan fingerprint density at radius 2 is 1.84 bits per heavy atom. The minimum Gasteiger partial charge on any atom is -0.325 e. The molecule has 2 N–H and O–H groups in total. The molecule has 0 aliphatic rings. The van der Waals surface area contributed by atoms with Crippen LogP contribution in [-0.4, -0.2) is 17.4 Å². The Balaban J connectivity index is 1.81. The van der Waals surface area contributed by atoms with Crippen LogP contribution in [0.25, 0.3) is 0 Å². The maximum atomic E-state index is 11.8. The van der Waals surface area contributed by atoms with Gasteiger partial charge in [-0.25, -0.2) is 0 Å². The van der Waals surface area contributed by atoms with Crippen LogP contribution in [0.4, 0.5) is 5.69 Å². The third-order valence-electron chi connectivity index (χ3n) is 2.83. The van der Waals surface area contributed by atoms with Crippen LogP contribution < -0.4 is 10.6 Å². The molecule has 98 valence electrons. The van der Waals surface area contributed by atoms with Crippen LogP contribution in [0, 0.1) is 0 Å². The van der Waals surface area contributed by atoms with Gasteiger partial charge in [0, 0.05) is 24.1 Å². The van der Waals surface area contributed by atoms with Crippen molar-refractivity contribution in [2.45, 2.75) is 13.0 Å². The lowest BCUT2D eigenvalue weighted by Crippen LogP contribution is -2.30. The van der Waals surface area contributed by atoms with Gasteiger partial charge in [-0.2, -0.15) is 0 Å². The highest BCUT2D eigenvalue weighted by Gasteiger charge is 2.07. The molecule has 0 bridgehead atoms. The number of nitrogens with one attached hydrogen (secondary N) is 2. The van der Waals surface area contributed by atoms with Gasteiger partial charge >= 0.3 is 0 Å². The van der Waals surface area contributed by atoms with Gasteiger partial charge in [0.25, 0.3) is 0 Å². The Bertz CT molecular complexity index is 513. The van der Waals surface area contributed by atoms with Crippen LogP contribution in [-0.2, 0) is 4.79 Å². The molecule has 0 aliphatic carbocycles. The van der Waals surface area contributed by atoms with Crippen LogP contribution in [0.1, 0.15) is 18.5 Å². The van der Waals surface area contributed by atoms with Gasteiger partial charge in [0.05, 0.1) is 6.54 Å². The number of nitrogens with zero attached hydrogens (tertiary/aromatic N) is 1. The smallest absolute Gasteiger partial charge is 0.238 e. The van der Waals surface area contributed by atoms with E-state index in [9.17, 15) is 4.79 Å². The minimum atomic E-state index is -0.0490. The van der Waals surface area contributed by atoms with E-state index in [-0.39, 0.29) is 18.5 Å². The topological polar surface area (TPSA) is 54.0 Å². The first-order valence-corrected chi connectivity index (χ1v) is 6.24. The molecule has 1 aromatic heterocycles. The zero-order valence-electron chi connectivity index (χ0n) is 10.8. The summed E-state index contributed by atoms with van der Waals surface area (Å²) in [5, 5.41) is 6.01. The summed E-state index contributed by atoms with van der Waals surface area (Å²) in [4.78, 5) is 15.7. The highest BCUT2D eigenvalue weighted by Crippen LogP contribution is 2.09. The van der Waals surface area contributed by atoms with Crippen LogP contribution >= 0.6 is 0 Å². The number of benzene rings is 1. The fraction of sp³-hybridized carbons (Fsp3) is 0.200. The van der Waals surface area contributed by atoms with E-state index in [0.29, 0.717) is 0 Å². The number of hydrogen-bond acceptors (Lipinski definition) is 3. The third-order valence-corrected chi connectivity index (χ3v) is 2.83. The summed E-state index contributed by atoms with van der Waals surface area (Å²) in [6.45, 7) is 2.30. The highest BCUT2D eigenvalue weighted by atomic mass is 16.1. The Morgan fingerprint density at radius 1 is 1.16 bits per heavy atom. The zero-order valence-corrected chi connectivity index (χ0v) is 10.8. The number of carbonyl (C=O) groups is 1. The van der Waals surface area contributed by atoms with Gasteiger partial charge in [0.2, 0.25) is 5.91 Å². The Hall–Kier alpha value is -2.20. The van der Waals surface area contributed by atoms with E-state index in [1.54, 1.807) is 12.4 Å². The molecule has 0 spiro atoms. The van der Waals surface area contributed by atoms with Crippen molar-refractivity contribution in [2.24, 2.45) is 0 Å². The predicted molar refractivity (Wildman–Crippen MR) is 75.7 cm³/mol. The van der Waals surface area contributed by atoms with Crippen molar-refractivity contribution in [2.75, 3.05) is 11.9 Å². The SMILES string of the molecule is C[C@H](NCC(=O)Nc1ccccc1)c1ccncc1. The second-order valence-corrected chi connectivity index (χ2v) is 4.30. The van der Waals surface area contributed by atoms with E-state index in [2.05, 4.69) is 15.6 Å². The molecule has 0 saturated carbocycles. The fourth-order valence-electron chi connectivity index (χ4n) is 1.74. The molecule has 4 nitrogen and oxygen atoms in total. The monoisotopic (exact) mass is 255 g/mol. The third kappa shape index (κ3) is 4.19. The number of hydrogen-bond donors (Lipinski definition) is 2. The molecule has 0 radical (unpaired) electrons. The van der Waals surface area contributed by atoms with Crippen LogP contribution in [0.5, 0.6) is 0 Å². The molecule has 0 aliphatic heterocycles. The summed E-state index contributed by atoms with van der Waals surface area (Å²) in [6.07, 6.45) is 3.50. The van der Waals surface area contributed by atoms with E-state index in [4.69, 9.17) is 0 Å². The van der Waals surface area contributed by atoms with Gasteiger partial charge < -0.3 is 10.6 Å². The van der Waals surface area contributed by atoms with Crippen molar-refractivity contribution >= 4 is 11.6 Å². The van der Waals surface area contributed by atoms with E-state index >= 15 is 0 Å². The summed E-state index contributed by atoms with van der Waals surface area (Å²) >= 11 is 0. The average molecular weight is 255 g/mol. The molecule has 4 heteroatoms. The van der Waals surface area contributed by atoms with Gasteiger partial charge in [-0.15, -0.1) is 0 Å². The summed E-state index contributed by atoms with van der Waals surface area (Å²) in [5.74, 6) is -0.0490. The van der Waals surface area contributed by atoms with Crippen molar-refractivity contribution < 1.29 is 4.79 Å². The summed E-state index contributed by atoms with van der Waals surface area (Å²) in [7, 11) is 0. The zero-order chi connectivity index (χ0) is 13.5. The standard InChI is InChI=1S/C15H17N3O/c1-12(13-7-9-16-10-8-13)17-11-15(19)18-14-5-3-2-4-6-14/h2-10,12,17H,11H2,1H3,(H,18,19)/t12-/m0/s1. The molecular formula is C15H17N3O. The average Bonchev–Trinajstić information content (AvgIpc) is 2.47. The first-order valence-electron chi connectivity index (χ1n) is 6.24. The molecule has 1 heterocycles. The number of para-hydroxylation sites is 1. The molecule has 1 amide bonds. The first-order chi connectivity index (χ1) is 9.25. The molecule has 19 heavy (non-hydrogen) atoms. The number of amides is 1. The number of anilines is 1. The Kier molecular flexibility index (Phi) is 4.64. The molecule has 2 rings (SSSR count). The quantitative estimate of drug-likeness (QED) is 0.862. The maximum absolute atomic E-state index is 11.8. The molecule has 0 saturated heterocycles. The summed E-state index contributed by atoms with van der Waals surface area (Å²) < 4.78 is 0. The number of rotatable bonds is 5. The molecule has 0 unspecified atom stereocenters. The molecule has 0 fully saturated rings. The van der Waals surface area contributed by atoms with Crippen LogP contribution in [0.2, 0.25) is 0 Å². The lowest BCUT2D eigenvalue weighted by molar-refractivity contribution is -0.115. The normalized spacial score (nSPS) is 11.8. The van der Waals surface area contributed by atoms with Gasteiger partial charge in [-0.3, -0.25) is 9.78 Å². The largest absolute Gasteiger partial charge is 0.325 e. The van der Waals surface area contributed by atoms with E-state index in [1.165, 1.54) is 0 Å². The van der Waals surface area contributed by atoms with E-state index in [0.717, 1.165) is 11.3 Å². The van der Waals surface area contributed by atoms with Crippen LogP contribution in [0.3, 0.4) is 0 Å². The summed E-state index contributed by atoms with van der Waals surface area (Å²) in [5.41, 5.74) is 1.92. The highest BCUT2D eigenvalue weighted by molar-refractivity contribution is 5.92. The van der Waals surface area contributed by atoms with E-state index < -0.39 is 0 Å². The number of pyridine rings is 1. The van der Waals surface area contributed by atoms with Gasteiger partial charge in [-0.1, -0.05) is 18.2 Å². The van der Waals surface area contributed by atoms with Crippen LogP contribution in [0.15, 0.2) is 54.9 Å². The Labute approximate surface area is 112 Å². The molecular weight excluding hydrogens is 238 g/mol. The lowest BCUT2D eigenvalue weighted by Gasteiger charge is -2.13. The summed E-state index contributed by atoms with van der Waals surface area (Å²) in [6, 6.07) is 13.4. The van der Waals surface area contributed by atoms with Gasteiger partial charge in [-0.05, 0) is 36.8 Å². The second-order valence-electron chi connectivity index (χ2n) is 4.30. The van der Waals surface area contributed by atoms with Gasteiger partial charge in [0.15, 0.2) is 0 Å². The van der Waals surface area contributed by atoms with Crippen molar-refractivity contribution in [3.8, 4) is 0 Å². The maximum Gasteiger partial charge on any atom is 0.238 e. The number of aromatic nitrogens is 1. The van der Waals surface area contributed by atoms with Gasteiger partial charge in [0.1, 0.15) is 0 Å². The fourth-order valence-corrected chi connectivity index (χ4v) is 1.74. The molecule has 2 aromatic rings. The first kappa shape index (κ1) is 13.2. The molecule has 1 aromatic carbocycles. The van der Waals surface area contributed by atoms with Crippen molar-refractivity contribution in [1.29, 1.82) is 0 Å². The lowest BCUT2D eigenvalue weighted by atomic mass is 10.1. The Morgan fingerprint density at radius 3 is 2.53 bits per heavy atom. The van der Waals surface area contributed by atoms with Crippen molar-refractivity contribution in [1.82, 2.24) is 10.3 Å². The second kappa shape index (κ2) is 6.66. The van der Waals surface area contributed by atoms with Crippen molar-refractivity contribution in [3.05, 3.63) is 60.4 Å². The van der Waals surface area contributed by atoms with Crippen molar-refractivity contribution in [3.63, 3.8) is 0 Å². The molecule has 1 atom stereocenters. The minimum absolute atomic E-state index is 0.0490. The number of carbonyl (C=O) groups excluding carboxylic acids is 1. The van der Waals surface area contributed by atoms with E-state index in [1.807, 2.05) is 49.4 Å².